The number of carboxylic acids is 1. The van der Waals surface area contributed by atoms with Crippen molar-refractivity contribution in [3.05, 3.63) is 28.5 Å². The van der Waals surface area contributed by atoms with Crippen LogP contribution in [0.25, 0.3) is 0 Å². The summed E-state index contributed by atoms with van der Waals surface area (Å²) < 4.78 is 37.4. The summed E-state index contributed by atoms with van der Waals surface area (Å²) in [7, 11) is 0. The number of aliphatic carboxylic acids is 1. The lowest BCUT2D eigenvalue weighted by Crippen LogP contribution is -2.13. The summed E-state index contributed by atoms with van der Waals surface area (Å²) in [6.07, 6.45) is -3.76. The molecule has 0 aliphatic rings. The lowest BCUT2D eigenvalue weighted by atomic mass is 10.1. The van der Waals surface area contributed by atoms with E-state index in [0.717, 1.165) is 12.4 Å². The van der Waals surface area contributed by atoms with E-state index >= 15 is 0 Å². The van der Waals surface area contributed by atoms with E-state index < -0.39 is 34.7 Å². The van der Waals surface area contributed by atoms with E-state index in [2.05, 4.69) is 4.98 Å². The molecule has 0 fully saturated rings. The molecule has 3 nitrogen and oxygen atoms in total. The van der Waals surface area contributed by atoms with Gasteiger partial charge in [-0.05, 0) is 5.56 Å². The molecule has 0 radical (unpaired) electrons. The second-order valence-electron chi connectivity index (χ2n) is 2.72. The van der Waals surface area contributed by atoms with Crippen molar-refractivity contribution < 1.29 is 23.1 Å². The Morgan fingerprint density at radius 1 is 1.47 bits per heavy atom. The molecule has 1 N–H and O–H groups in total. The first-order chi connectivity index (χ1) is 6.82. The smallest absolute Gasteiger partial charge is 0.418 e. The summed E-state index contributed by atoms with van der Waals surface area (Å²) in [5.74, 6) is -1.37. The van der Waals surface area contributed by atoms with E-state index in [9.17, 15) is 18.0 Å². The highest BCUT2D eigenvalue weighted by Crippen LogP contribution is 2.36. The third-order valence-corrected chi connectivity index (χ3v) is 1.89. The van der Waals surface area contributed by atoms with E-state index in [0.29, 0.717) is 0 Å². The van der Waals surface area contributed by atoms with E-state index in [-0.39, 0.29) is 0 Å². The predicted octanol–water partition coefficient (Wildman–Crippen LogP) is 2.38. The van der Waals surface area contributed by atoms with Gasteiger partial charge in [-0.25, -0.2) is 0 Å². The van der Waals surface area contributed by atoms with Gasteiger partial charge in [0.05, 0.1) is 17.0 Å². The van der Waals surface area contributed by atoms with Gasteiger partial charge in [-0.15, -0.1) is 0 Å². The fourth-order valence-corrected chi connectivity index (χ4v) is 1.37. The molecule has 0 aliphatic carbocycles. The zero-order chi connectivity index (χ0) is 11.6. The van der Waals surface area contributed by atoms with Gasteiger partial charge in [0.25, 0.3) is 0 Å². The van der Waals surface area contributed by atoms with Gasteiger partial charge in [-0.3, -0.25) is 9.78 Å². The summed E-state index contributed by atoms with van der Waals surface area (Å²) in [4.78, 5) is 13.7. The Balaban J connectivity index is 3.27. The van der Waals surface area contributed by atoms with E-state index in [1.807, 2.05) is 0 Å². The molecule has 82 valence electrons. The molecule has 1 heterocycles. The Morgan fingerprint density at radius 2 is 2.07 bits per heavy atom. The molecule has 1 aromatic rings. The Labute approximate surface area is 87.5 Å². The first kappa shape index (κ1) is 11.8. The van der Waals surface area contributed by atoms with Gasteiger partial charge < -0.3 is 5.11 Å². The van der Waals surface area contributed by atoms with Crippen LogP contribution in [0.15, 0.2) is 12.4 Å². The minimum Gasteiger partial charge on any atom is -0.481 e. The SMILES string of the molecule is O=C(O)Cc1cncc(Cl)c1C(F)(F)F. The first-order valence-electron chi connectivity index (χ1n) is 3.73. The highest BCUT2D eigenvalue weighted by Gasteiger charge is 2.36. The summed E-state index contributed by atoms with van der Waals surface area (Å²) in [6.45, 7) is 0. The number of carbonyl (C=O) groups is 1. The average Bonchev–Trinajstić information content (AvgIpc) is 1.99. The van der Waals surface area contributed by atoms with Crippen LogP contribution in [0.2, 0.25) is 5.02 Å². The molecule has 0 amide bonds. The van der Waals surface area contributed by atoms with E-state index in [4.69, 9.17) is 16.7 Å². The Hall–Kier alpha value is -1.30. The molecule has 0 aliphatic heterocycles. The maximum atomic E-state index is 12.5. The molecule has 0 atom stereocenters. The number of hydrogen-bond acceptors (Lipinski definition) is 2. The number of nitrogens with zero attached hydrogens (tertiary/aromatic N) is 1. The average molecular weight is 240 g/mol. The number of carboxylic acid groups (broad SMARTS) is 1. The molecule has 0 unspecified atom stereocenters. The van der Waals surface area contributed by atoms with Crippen molar-refractivity contribution in [3.8, 4) is 0 Å². The molecule has 1 rings (SSSR count). The third-order valence-electron chi connectivity index (χ3n) is 1.60. The van der Waals surface area contributed by atoms with Crippen LogP contribution in [0, 0.1) is 0 Å². The fraction of sp³-hybridized carbons (Fsp3) is 0.250. The van der Waals surface area contributed by atoms with Crippen LogP contribution in [-0.4, -0.2) is 16.1 Å². The Kier molecular flexibility index (Phi) is 3.18. The van der Waals surface area contributed by atoms with Gasteiger partial charge in [0.1, 0.15) is 0 Å². The topological polar surface area (TPSA) is 50.2 Å². The summed E-state index contributed by atoms with van der Waals surface area (Å²) in [5.41, 5.74) is -1.58. The Bertz CT molecular complexity index is 392. The van der Waals surface area contributed by atoms with Crippen LogP contribution in [0.1, 0.15) is 11.1 Å². The molecule has 0 saturated heterocycles. The normalized spacial score (nSPS) is 11.5. The van der Waals surface area contributed by atoms with Gasteiger partial charge in [0, 0.05) is 12.4 Å². The lowest BCUT2D eigenvalue weighted by molar-refractivity contribution is -0.139. The van der Waals surface area contributed by atoms with Crippen LogP contribution in [-0.2, 0) is 17.4 Å². The number of hydrogen-bond donors (Lipinski definition) is 1. The Morgan fingerprint density at radius 3 is 2.53 bits per heavy atom. The standard InChI is InChI=1S/C8H5ClF3NO2/c9-5-3-13-2-4(1-6(14)15)7(5)8(10,11)12/h2-3H,1H2,(H,14,15). The summed E-state index contributed by atoms with van der Waals surface area (Å²) in [5, 5.41) is 7.81. The monoisotopic (exact) mass is 239 g/mol. The number of pyridine rings is 1. The van der Waals surface area contributed by atoms with Crippen molar-refractivity contribution in [1.82, 2.24) is 4.98 Å². The second kappa shape index (κ2) is 4.06. The van der Waals surface area contributed by atoms with Gasteiger partial charge in [0.2, 0.25) is 0 Å². The molecule has 7 heteroatoms. The molecular formula is C8H5ClF3NO2. The molecule has 0 spiro atoms. The van der Waals surface area contributed by atoms with Crippen LogP contribution < -0.4 is 0 Å². The quantitative estimate of drug-likeness (QED) is 0.862. The van der Waals surface area contributed by atoms with Crippen molar-refractivity contribution >= 4 is 17.6 Å². The van der Waals surface area contributed by atoms with Crippen molar-refractivity contribution in [2.45, 2.75) is 12.6 Å². The van der Waals surface area contributed by atoms with E-state index in [1.54, 1.807) is 0 Å². The predicted molar refractivity (Wildman–Crippen MR) is 45.6 cm³/mol. The fourth-order valence-electron chi connectivity index (χ4n) is 1.09. The third kappa shape index (κ3) is 2.82. The number of rotatable bonds is 2. The minimum absolute atomic E-state index is 0.442. The minimum atomic E-state index is -4.68. The molecule has 15 heavy (non-hydrogen) atoms. The highest BCUT2D eigenvalue weighted by molar-refractivity contribution is 6.31. The van der Waals surface area contributed by atoms with Gasteiger partial charge in [-0.2, -0.15) is 13.2 Å². The summed E-state index contributed by atoms with van der Waals surface area (Å²) >= 11 is 5.32. The number of alkyl halides is 3. The zero-order valence-corrected chi connectivity index (χ0v) is 7.93. The van der Waals surface area contributed by atoms with Crippen LogP contribution >= 0.6 is 11.6 Å². The van der Waals surface area contributed by atoms with Crippen molar-refractivity contribution in [1.29, 1.82) is 0 Å². The summed E-state index contributed by atoms with van der Waals surface area (Å²) in [6, 6.07) is 0. The van der Waals surface area contributed by atoms with Crippen molar-refractivity contribution in [2.24, 2.45) is 0 Å². The molecule has 0 aromatic carbocycles. The lowest BCUT2D eigenvalue weighted by Gasteiger charge is -2.12. The number of aromatic nitrogens is 1. The van der Waals surface area contributed by atoms with Crippen molar-refractivity contribution in [2.75, 3.05) is 0 Å². The van der Waals surface area contributed by atoms with Gasteiger partial charge in [-0.1, -0.05) is 11.6 Å². The second-order valence-corrected chi connectivity index (χ2v) is 3.13. The molecule has 0 bridgehead atoms. The zero-order valence-electron chi connectivity index (χ0n) is 7.18. The largest absolute Gasteiger partial charge is 0.481 e. The maximum Gasteiger partial charge on any atom is 0.418 e. The molecular weight excluding hydrogens is 235 g/mol. The van der Waals surface area contributed by atoms with Gasteiger partial charge >= 0.3 is 12.1 Å². The van der Waals surface area contributed by atoms with Crippen LogP contribution in [0.3, 0.4) is 0 Å². The maximum absolute atomic E-state index is 12.5. The molecule has 0 saturated carbocycles. The first-order valence-corrected chi connectivity index (χ1v) is 4.11. The van der Waals surface area contributed by atoms with Gasteiger partial charge in [0.15, 0.2) is 0 Å². The van der Waals surface area contributed by atoms with E-state index in [1.165, 1.54) is 0 Å². The highest BCUT2D eigenvalue weighted by atomic mass is 35.5. The van der Waals surface area contributed by atoms with Crippen LogP contribution in [0.5, 0.6) is 0 Å². The van der Waals surface area contributed by atoms with Crippen LogP contribution in [0.4, 0.5) is 13.2 Å². The number of halogens is 4. The molecule has 1 aromatic heterocycles. The van der Waals surface area contributed by atoms with Crippen molar-refractivity contribution in [3.63, 3.8) is 0 Å².